The van der Waals surface area contributed by atoms with E-state index >= 15 is 0 Å². The number of hydrogen-bond acceptors (Lipinski definition) is 5. The monoisotopic (exact) mass is 396 g/mol. The van der Waals surface area contributed by atoms with E-state index < -0.39 is 23.4 Å². The molecule has 0 aromatic heterocycles. The van der Waals surface area contributed by atoms with Crippen LogP contribution in [0.3, 0.4) is 0 Å². The topological polar surface area (TPSA) is 89.8 Å². The molecule has 0 aliphatic carbocycles. The quantitative estimate of drug-likeness (QED) is 0.421. The van der Waals surface area contributed by atoms with Crippen molar-refractivity contribution in [3.05, 3.63) is 73.8 Å². The highest BCUT2D eigenvalue weighted by atomic mass is 35.5. The van der Waals surface area contributed by atoms with Crippen LogP contribution in [0.2, 0.25) is 10.0 Å². The van der Waals surface area contributed by atoms with Crippen molar-refractivity contribution in [1.29, 1.82) is 0 Å². The largest absolute Gasteiger partial charge is 0.452 e. The lowest BCUT2D eigenvalue weighted by atomic mass is 10.2. The minimum absolute atomic E-state index is 0.000800. The zero-order chi connectivity index (χ0) is 19.3. The summed E-state index contributed by atoms with van der Waals surface area (Å²) in [5.41, 5.74) is 0.530. The lowest BCUT2D eigenvalue weighted by molar-refractivity contribution is -0.384. The first kappa shape index (κ1) is 19.7. The summed E-state index contributed by atoms with van der Waals surface area (Å²) in [7, 11) is 1.55. The third kappa shape index (κ3) is 5.18. The summed E-state index contributed by atoms with van der Waals surface area (Å²) in [6.07, 6.45) is 0. The molecule has 136 valence electrons. The van der Waals surface area contributed by atoms with Crippen LogP contribution in [-0.4, -0.2) is 35.4 Å². The Balaban J connectivity index is 1.92. The van der Waals surface area contributed by atoms with Crippen LogP contribution in [0.4, 0.5) is 5.69 Å². The second-order valence-electron chi connectivity index (χ2n) is 5.38. The first-order chi connectivity index (χ1) is 12.3. The molecule has 1 amide bonds. The van der Waals surface area contributed by atoms with Crippen LogP contribution < -0.4 is 0 Å². The van der Waals surface area contributed by atoms with Crippen LogP contribution in [0.1, 0.15) is 15.9 Å². The Kier molecular flexibility index (Phi) is 6.54. The van der Waals surface area contributed by atoms with Gasteiger partial charge in [0.15, 0.2) is 6.61 Å². The number of halogens is 2. The number of nitrogens with zero attached hydrogens (tertiary/aromatic N) is 2. The van der Waals surface area contributed by atoms with E-state index in [0.717, 1.165) is 11.6 Å². The fourth-order valence-electron chi connectivity index (χ4n) is 2.07. The van der Waals surface area contributed by atoms with Crippen LogP contribution in [0, 0.1) is 10.1 Å². The molecule has 9 heteroatoms. The van der Waals surface area contributed by atoms with Gasteiger partial charge in [0, 0.05) is 25.7 Å². The van der Waals surface area contributed by atoms with E-state index in [1.54, 1.807) is 25.2 Å². The van der Waals surface area contributed by atoms with Gasteiger partial charge >= 0.3 is 5.97 Å². The van der Waals surface area contributed by atoms with E-state index in [2.05, 4.69) is 0 Å². The maximum absolute atomic E-state index is 12.1. The van der Waals surface area contributed by atoms with Gasteiger partial charge in [0.05, 0.1) is 20.5 Å². The van der Waals surface area contributed by atoms with E-state index in [-0.39, 0.29) is 17.8 Å². The number of likely N-dealkylation sites (N-methyl/N-ethyl adjacent to an activating group) is 1. The Bertz CT molecular complexity index is 857. The third-order valence-electron chi connectivity index (χ3n) is 3.45. The summed E-state index contributed by atoms with van der Waals surface area (Å²) in [5, 5.41) is 11.5. The Morgan fingerprint density at radius 3 is 2.54 bits per heavy atom. The standard InChI is InChI=1S/C17H14Cl2N2O5/c1-20(9-11-5-6-14(18)15(19)7-11)16(22)10-26-17(23)12-3-2-4-13(8-12)21(24)25/h2-8H,9-10H2,1H3. The van der Waals surface area contributed by atoms with E-state index in [1.807, 2.05) is 0 Å². The summed E-state index contributed by atoms with van der Waals surface area (Å²) < 4.78 is 4.93. The number of hydrogen-bond donors (Lipinski definition) is 0. The lowest BCUT2D eigenvalue weighted by Crippen LogP contribution is -2.30. The average Bonchev–Trinajstić information content (AvgIpc) is 2.62. The zero-order valence-electron chi connectivity index (χ0n) is 13.6. The molecule has 0 atom stereocenters. The minimum Gasteiger partial charge on any atom is -0.452 e. The third-order valence-corrected chi connectivity index (χ3v) is 4.19. The van der Waals surface area contributed by atoms with Crippen molar-refractivity contribution in [2.45, 2.75) is 6.54 Å². The van der Waals surface area contributed by atoms with E-state index in [4.69, 9.17) is 27.9 Å². The van der Waals surface area contributed by atoms with Crippen molar-refractivity contribution in [3.8, 4) is 0 Å². The minimum atomic E-state index is -0.815. The van der Waals surface area contributed by atoms with Gasteiger partial charge in [-0.3, -0.25) is 14.9 Å². The van der Waals surface area contributed by atoms with Crippen LogP contribution in [-0.2, 0) is 16.1 Å². The zero-order valence-corrected chi connectivity index (χ0v) is 15.2. The maximum Gasteiger partial charge on any atom is 0.338 e. The maximum atomic E-state index is 12.1. The molecule has 0 aliphatic rings. The van der Waals surface area contributed by atoms with Crippen molar-refractivity contribution in [2.24, 2.45) is 0 Å². The SMILES string of the molecule is CN(Cc1ccc(Cl)c(Cl)c1)C(=O)COC(=O)c1cccc([N+](=O)[O-])c1. The van der Waals surface area contributed by atoms with Crippen LogP contribution in [0.15, 0.2) is 42.5 Å². The molecule has 0 radical (unpaired) electrons. The molecule has 0 saturated heterocycles. The van der Waals surface area contributed by atoms with Crippen LogP contribution >= 0.6 is 23.2 Å². The molecule has 0 aliphatic heterocycles. The van der Waals surface area contributed by atoms with Gasteiger partial charge in [0.2, 0.25) is 0 Å². The Morgan fingerprint density at radius 2 is 1.88 bits per heavy atom. The number of non-ortho nitro benzene ring substituents is 1. The summed E-state index contributed by atoms with van der Waals surface area (Å²) in [6.45, 7) is -0.233. The normalized spacial score (nSPS) is 10.3. The van der Waals surface area contributed by atoms with Crippen LogP contribution in [0.25, 0.3) is 0 Å². The number of benzene rings is 2. The van der Waals surface area contributed by atoms with Gasteiger partial charge in [-0.1, -0.05) is 35.3 Å². The summed E-state index contributed by atoms with van der Waals surface area (Å²) >= 11 is 11.8. The molecule has 0 spiro atoms. The molecule has 2 aromatic rings. The fourth-order valence-corrected chi connectivity index (χ4v) is 2.39. The van der Waals surface area contributed by atoms with Gasteiger partial charge in [-0.25, -0.2) is 4.79 Å². The molecule has 0 bridgehead atoms. The van der Waals surface area contributed by atoms with Crippen molar-refractivity contribution >= 4 is 40.8 Å². The van der Waals surface area contributed by atoms with E-state index in [9.17, 15) is 19.7 Å². The number of ether oxygens (including phenoxy) is 1. The van der Waals surface area contributed by atoms with Gasteiger partial charge in [0.25, 0.3) is 11.6 Å². The molecule has 7 nitrogen and oxygen atoms in total. The summed E-state index contributed by atoms with van der Waals surface area (Å²) in [5.74, 6) is -1.25. The highest BCUT2D eigenvalue weighted by Gasteiger charge is 2.16. The molecule has 26 heavy (non-hydrogen) atoms. The Hall–Kier alpha value is -2.64. The highest BCUT2D eigenvalue weighted by molar-refractivity contribution is 6.42. The second kappa shape index (κ2) is 8.64. The van der Waals surface area contributed by atoms with Gasteiger partial charge in [-0.15, -0.1) is 0 Å². The Labute approximate surface area is 159 Å². The number of nitro benzene ring substituents is 1. The van der Waals surface area contributed by atoms with Gasteiger partial charge in [-0.05, 0) is 23.8 Å². The second-order valence-corrected chi connectivity index (χ2v) is 6.20. The molecule has 0 saturated carbocycles. The molecular formula is C17H14Cl2N2O5. The van der Waals surface area contributed by atoms with E-state index in [1.165, 1.54) is 23.1 Å². The number of nitro groups is 1. The van der Waals surface area contributed by atoms with Gasteiger partial charge in [-0.2, -0.15) is 0 Å². The van der Waals surface area contributed by atoms with Crippen molar-refractivity contribution in [1.82, 2.24) is 4.90 Å². The van der Waals surface area contributed by atoms with Crippen molar-refractivity contribution in [3.63, 3.8) is 0 Å². The molecule has 2 rings (SSSR count). The molecular weight excluding hydrogens is 383 g/mol. The van der Waals surface area contributed by atoms with Crippen molar-refractivity contribution < 1.29 is 19.2 Å². The van der Waals surface area contributed by atoms with Gasteiger partial charge in [0.1, 0.15) is 0 Å². The van der Waals surface area contributed by atoms with E-state index in [0.29, 0.717) is 10.0 Å². The molecule has 2 aromatic carbocycles. The number of rotatable bonds is 6. The molecule has 0 unspecified atom stereocenters. The average molecular weight is 397 g/mol. The van der Waals surface area contributed by atoms with Crippen molar-refractivity contribution in [2.75, 3.05) is 13.7 Å². The summed E-state index contributed by atoms with van der Waals surface area (Å²) in [4.78, 5) is 35.5. The molecule has 0 heterocycles. The molecule has 0 N–H and O–H groups in total. The highest BCUT2D eigenvalue weighted by Crippen LogP contribution is 2.23. The predicted molar refractivity (Wildman–Crippen MR) is 96.3 cm³/mol. The van der Waals surface area contributed by atoms with Crippen LogP contribution in [0.5, 0.6) is 0 Å². The lowest BCUT2D eigenvalue weighted by Gasteiger charge is -2.17. The smallest absolute Gasteiger partial charge is 0.338 e. The molecule has 0 fully saturated rings. The predicted octanol–water partition coefficient (Wildman–Crippen LogP) is 3.72. The fraction of sp³-hybridized carbons (Fsp3) is 0.176. The number of amides is 1. The van der Waals surface area contributed by atoms with Gasteiger partial charge < -0.3 is 9.64 Å². The first-order valence-electron chi connectivity index (χ1n) is 7.37. The Morgan fingerprint density at radius 1 is 1.15 bits per heavy atom. The number of carbonyl (C=O) groups excluding carboxylic acids is 2. The summed E-state index contributed by atoms with van der Waals surface area (Å²) in [6, 6.07) is 10.1. The first-order valence-corrected chi connectivity index (χ1v) is 8.13. The number of carbonyl (C=O) groups is 2. The number of esters is 1.